The van der Waals surface area contributed by atoms with Gasteiger partial charge in [-0.05, 0) is 13.3 Å². The lowest BCUT2D eigenvalue weighted by Gasteiger charge is -2.18. The molecule has 0 aromatic rings. The number of unbranched alkanes of at least 4 members (excludes halogenated alkanes) is 5. The van der Waals surface area contributed by atoms with Crippen LogP contribution in [0.15, 0.2) is 0 Å². The monoisotopic (exact) mass is 245 g/mol. The van der Waals surface area contributed by atoms with Crippen LogP contribution < -0.4 is 0 Å². The van der Waals surface area contributed by atoms with Crippen molar-refractivity contribution in [2.75, 3.05) is 13.8 Å². The first-order valence-corrected chi connectivity index (χ1v) is 6.61. The molecule has 0 aliphatic carbocycles. The Balaban J connectivity index is 3.44. The number of nitrogens with zero attached hydrogens (tertiary/aromatic N) is 1. The highest BCUT2D eigenvalue weighted by Crippen LogP contribution is 2.08. The van der Waals surface area contributed by atoms with Crippen LogP contribution in [0.1, 0.15) is 58.8 Å². The minimum atomic E-state index is -0.820. The van der Waals surface area contributed by atoms with Crippen LogP contribution in [0.2, 0.25) is 0 Å². The van der Waals surface area contributed by atoms with Gasteiger partial charge in [-0.3, -0.25) is 4.79 Å². The molecule has 0 fully saturated rings. The van der Waals surface area contributed by atoms with E-state index in [1.807, 2.05) is 0 Å². The van der Waals surface area contributed by atoms with Gasteiger partial charge < -0.3 is 14.7 Å². The van der Waals surface area contributed by atoms with Gasteiger partial charge in [-0.25, -0.2) is 0 Å². The maximum absolute atomic E-state index is 11.6. The van der Waals surface area contributed by atoms with Crippen molar-refractivity contribution in [1.82, 2.24) is 4.90 Å². The molecule has 0 aromatic carbocycles. The third kappa shape index (κ3) is 10.3. The first-order valence-electron chi connectivity index (χ1n) is 6.61. The van der Waals surface area contributed by atoms with Crippen LogP contribution in [0.25, 0.3) is 0 Å². The molecule has 102 valence electrons. The number of amides is 1. The van der Waals surface area contributed by atoms with Gasteiger partial charge in [0.05, 0.1) is 0 Å². The summed E-state index contributed by atoms with van der Waals surface area (Å²) in [6.45, 7) is 3.89. The Morgan fingerprint density at radius 3 is 2.41 bits per heavy atom. The largest absolute Gasteiger partial charge is 0.368 e. The Morgan fingerprint density at radius 1 is 1.24 bits per heavy atom. The first-order chi connectivity index (χ1) is 8.07. The van der Waals surface area contributed by atoms with Crippen molar-refractivity contribution in [2.24, 2.45) is 0 Å². The molecule has 0 aromatic heterocycles. The summed E-state index contributed by atoms with van der Waals surface area (Å²) in [5.41, 5.74) is 0. The van der Waals surface area contributed by atoms with E-state index in [-0.39, 0.29) is 12.6 Å². The molecule has 0 rings (SSSR count). The first kappa shape index (κ1) is 16.4. The predicted molar refractivity (Wildman–Crippen MR) is 68.4 cm³/mol. The molecule has 0 aliphatic rings. The van der Waals surface area contributed by atoms with Gasteiger partial charge in [-0.15, -0.1) is 0 Å². The molecule has 0 saturated carbocycles. The Bertz CT molecular complexity index is 195. The van der Waals surface area contributed by atoms with E-state index in [1.54, 1.807) is 7.05 Å². The molecule has 0 aliphatic heterocycles. The summed E-state index contributed by atoms with van der Waals surface area (Å²) >= 11 is 0. The highest BCUT2D eigenvalue weighted by molar-refractivity contribution is 5.75. The van der Waals surface area contributed by atoms with Crippen LogP contribution >= 0.6 is 0 Å². The fourth-order valence-electron chi connectivity index (χ4n) is 1.54. The van der Waals surface area contributed by atoms with Crippen molar-refractivity contribution >= 4 is 5.91 Å². The topological polar surface area (TPSA) is 49.8 Å². The molecule has 4 nitrogen and oxygen atoms in total. The summed E-state index contributed by atoms with van der Waals surface area (Å²) in [5.74, 6) is 0.0844. The molecule has 4 heteroatoms. The number of hydrogen-bond donors (Lipinski definition) is 1. The molecule has 17 heavy (non-hydrogen) atoms. The maximum atomic E-state index is 11.6. The fourth-order valence-corrected chi connectivity index (χ4v) is 1.54. The van der Waals surface area contributed by atoms with Gasteiger partial charge in [0.1, 0.15) is 6.73 Å². The summed E-state index contributed by atoms with van der Waals surface area (Å²) in [6, 6.07) is 0. The van der Waals surface area contributed by atoms with Crippen molar-refractivity contribution in [2.45, 2.75) is 65.1 Å². The van der Waals surface area contributed by atoms with Crippen molar-refractivity contribution in [1.29, 1.82) is 0 Å². The lowest BCUT2D eigenvalue weighted by molar-refractivity contribution is -0.148. The number of aliphatic hydroxyl groups excluding tert-OH is 1. The van der Waals surface area contributed by atoms with Crippen molar-refractivity contribution in [3.8, 4) is 0 Å². The van der Waals surface area contributed by atoms with Gasteiger partial charge in [-0.2, -0.15) is 0 Å². The Morgan fingerprint density at radius 2 is 1.82 bits per heavy atom. The number of rotatable bonds is 10. The number of ether oxygens (including phenoxy) is 1. The smallest absolute Gasteiger partial charge is 0.224 e. The molecular weight excluding hydrogens is 218 g/mol. The number of carbonyl (C=O) groups excluding carboxylic acids is 1. The fraction of sp³-hybridized carbons (Fsp3) is 0.923. The van der Waals surface area contributed by atoms with Crippen LogP contribution in [0.4, 0.5) is 0 Å². The van der Waals surface area contributed by atoms with Crippen molar-refractivity contribution in [3.05, 3.63) is 0 Å². The van der Waals surface area contributed by atoms with Gasteiger partial charge in [0.15, 0.2) is 6.29 Å². The van der Waals surface area contributed by atoms with Gasteiger partial charge in [0.2, 0.25) is 5.91 Å². The second kappa shape index (κ2) is 10.5. The van der Waals surface area contributed by atoms with Crippen LogP contribution in [0.3, 0.4) is 0 Å². The number of aliphatic hydroxyl groups is 1. The molecule has 0 radical (unpaired) electrons. The maximum Gasteiger partial charge on any atom is 0.224 e. The molecule has 0 spiro atoms. The molecule has 1 N–H and O–H groups in total. The van der Waals surface area contributed by atoms with Gasteiger partial charge in [0.25, 0.3) is 0 Å². The zero-order valence-electron chi connectivity index (χ0n) is 11.4. The summed E-state index contributed by atoms with van der Waals surface area (Å²) in [7, 11) is 1.70. The third-order valence-corrected chi connectivity index (χ3v) is 2.68. The standard InChI is InChI=1S/C13H27NO3/c1-4-5-6-7-8-9-10-13(16)14(3)11-17-12(2)15/h12,15H,4-11H2,1-3H3. The molecule has 0 saturated heterocycles. The van der Waals surface area contributed by atoms with E-state index in [1.165, 1.54) is 37.5 Å². The summed E-state index contributed by atoms with van der Waals surface area (Å²) in [6.07, 6.45) is 6.85. The minimum absolute atomic E-state index is 0.0844. The van der Waals surface area contributed by atoms with Gasteiger partial charge in [0, 0.05) is 13.5 Å². The second-order valence-electron chi connectivity index (χ2n) is 4.50. The van der Waals surface area contributed by atoms with E-state index in [2.05, 4.69) is 6.92 Å². The Hall–Kier alpha value is -0.610. The molecule has 1 atom stereocenters. The predicted octanol–water partition coefficient (Wildman–Crippen LogP) is 2.51. The lowest BCUT2D eigenvalue weighted by Crippen LogP contribution is -2.30. The number of hydrogen-bond acceptors (Lipinski definition) is 3. The van der Waals surface area contributed by atoms with Crippen LogP contribution in [0.5, 0.6) is 0 Å². The summed E-state index contributed by atoms with van der Waals surface area (Å²) < 4.78 is 4.94. The van der Waals surface area contributed by atoms with E-state index in [4.69, 9.17) is 9.84 Å². The van der Waals surface area contributed by atoms with Gasteiger partial charge >= 0.3 is 0 Å². The average Bonchev–Trinajstić information content (AvgIpc) is 2.30. The van der Waals surface area contributed by atoms with Crippen molar-refractivity contribution in [3.63, 3.8) is 0 Å². The Labute approximate surface area is 105 Å². The highest BCUT2D eigenvalue weighted by atomic mass is 16.6. The third-order valence-electron chi connectivity index (χ3n) is 2.68. The number of carbonyl (C=O) groups is 1. The molecule has 1 amide bonds. The Kier molecular flexibility index (Phi) is 10.2. The summed E-state index contributed by atoms with van der Waals surface area (Å²) in [5, 5.41) is 8.92. The lowest BCUT2D eigenvalue weighted by atomic mass is 10.1. The highest BCUT2D eigenvalue weighted by Gasteiger charge is 2.08. The van der Waals surface area contributed by atoms with Crippen molar-refractivity contribution < 1.29 is 14.6 Å². The molecule has 0 heterocycles. The summed E-state index contributed by atoms with van der Waals surface area (Å²) in [4.78, 5) is 13.1. The molecule has 0 bridgehead atoms. The normalized spacial score (nSPS) is 12.5. The van der Waals surface area contributed by atoms with E-state index in [9.17, 15) is 4.79 Å². The quantitative estimate of drug-likeness (QED) is 0.475. The van der Waals surface area contributed by atoms with E-state index in [0.717, 1.165) is 12.8 Å². The van der Waals surface area contributed by atoms with Crippen LogP contribution in [0, 0.1) is 0 Å². The minimum Gasteiger partial charge on any atom is -0.368 e. The SMILES string of the molecule is CCCCCCCCC(=O)N(C)COC(C)O. The van der Waals surface area contributed by atoms with E-state index >= 15 is 0 Å². The average molecular weight is 245 g/mol. The molecule has 1 unspecified atom stereocenters. The molecular formula is C13H27NO3. The van der Waals surface area contributed by atoms with Gasteiger partial charge in [-0.1, -0.05) is 39.0 Å². The van der Waals surface area contributed by atoms with E-state index in [0.29, 0.717) is 6.42 Å². The zero-order chi connectivity index (χ0) is 13.1. The second-order valence-corrected chi connectivity index (χ2v) is 4.50. The zero-order valence-corrected chi connectivity index (χ0v) is 11.4. The van der Waals surface area contributed by atoms with E-state index < -0.39 is 6.29 Å². The van der Waals surface area contributed by atoms with Crippen LogP contribution in [-0.2, 0) is 9.53 Å². The van der Waals surface area contributed by atoms with Crippen LogP contribution in [-0.4, -0.2) is 36.0 Å².